The summed E-state index contributed by atoms with van der Waals surface area (Å²) < 4.78 is 34.2. The monoisotopic (exact) mass is 1150 g/mol. The van der Waals surface area contributed by atoms with Gasteiger partial charge in [-0.05, 0) is 70.6 Å². The molecule has 0 saturated heterocycles. The van der Waals surface area contributed by atoms with Crippen molar-refractivity contribution in [1.29, 1.82) is 0 Å². The average molecular weight is 1150 g/mol. The van der Waals surface area contributed by atoms with Crippen LogP contribution in [-0.4, -0.2) is 70.0 Å². The lowest BCUT2D eigenvalue weighted by Gasteiger charge is -2.28. The molecule has 0 fully saturated rings. The molecule has 2 atom stereocenters. The maximum atomic E-state index is 12.8. The van der Waals surface area contributed by atoms with Gasteiger partial charge in [0.25, 0.3) is 7.82 Å². The first-order valence-electron chi connectivity index (χ1n) is 33.8. The highest BCUT2D eigenvalue weighted by Crippen LogP contribution is 2.38. The van der Waals surface area contributed by atoms with Crippen LogP contribution >= 0.6 is 7.82 Å². The van der Waals surface area contributed by atoms with E-state index in [1.54, 1.807) is 0 Å². The minimum absolute atomic E-state index is 0.0298. The van der Waals surface area contributed by atoms with Crippen molar-refractivity contribution in [2.75, 3.05) is 47.5 Å². The Balaban J connectivity index is 3.94. The number of ether oxygens (including phenoxy) is 2. The van der Waals surface area contributed by atoms with Crippen molar-refractivity contribution in [2.45, 2.75) is 309 Å². The molecule has 0 amide bonds. The van der Waals surface area contributed by atoms with Gasteiger partial charge in [0.2, 0.25) is 0 Å². The topological polar surface area (TPSA) is 111 Å². The maximum Gasteiger partial charge on any atom is 0.306 e. The summed E-state index contributed by atoms with van der Waals surface area (Å²) in [4.78, 5) is 37.9. The number of quaternary nitrogens is 1. The standard InChI is InChI=1S/C71H128NO8P/c1-6-8-10-12-14-16-18-20-22-24-25-26-27-28-29-30-31-32-33-34-35-36-37-38-39-40-41-42-43-44-45-46-47-48-50-52-54-56-58-60-62-64-71(74)80-69(68-79-81(75,76)78-66-65-72(3,4)5)67-77-70(73)63-61-59-57-55-53-51-49-23-21-19-17-15-13-11-9-7-2/h8,10,14,16,20,22,25-26,28-29,31-32,34-35,69H,6-7,9,11-13,15,17-19,21,23-24,27,30,33,36-68H2,1-5H3/b10-8-,16-14-,22-20-,26-25-,29-28-,32-31-,35-34-. The zero-order valence-electron chi connectivity index (χ0n) is 53.5. The number of phosphoric acid groups is 1. The molecule has 0 bridgehead atoms. The first-order valence-corrected chi connectivity index (χ1v) is 35.3. The molecule has 0 aromatic heterocycles. The Morgan fingerprint density at radius 1 is 0.395 bits per heavy atom. The molecule has 0 rings (SSSR count). The van der Waals surface area contributed by atoms with E-state index in [-0.39, 0.29) is 32.0 Å². The number of carbonyl (C=O) groups is 2. The number of unbranched alkanes of at least 4 members (excludes halogenated alkanes) is 34. The van der Waals surface area contributed by atoms with Crippen LogP contribution in [0, 0.1) is 0 Å². The fourth-order valence-electron chi connectivity index (χ4n) is 9.52. The van der Waals surface area contributed by atoms with Crippen molar-refractivity contribution in [3.63, 3.8) is 0 Å². The van der Waals surface area contributed by atoms with E-state index in [0.29, 0.717) is 17.4 Å². The lowest BCUT2D eigenvalue weighted by atomic mass is 10.0. The van der Waals surface area contributed by atoms with Crippen LogP contribution in [0.4, 0.5) is 0 Å². The fraction of sp³-hybridized carbons (Fsp3) is 0.775. The summed E-state index contributed by atoms with van der Waals surface area (Å²) in [5.74, 6) is -0.819. The summed E-state index contributed by atoms with van der Waals surface area (Å²) in [6.45, 7) is 4.16. The van der Waals surface area contributed by atoms with Gasteiger partial charge >= 0.3 is 11.9 Å². The van der Waals surface area contributed by atoms with Crippen LogP contribution in [0.25, 0.3) is 0 Å². The molecule has 0 radical (unpaired) electrons. The van der Waals surface area contributed by atoms with E-state index in [4.69, 9.17) is 18.5 Å². The normalized spacial score (nSPS) is 13.7. The van der Waals surface area contributed by atoms with Gasteiger partial charge in [0.05, 0.1) is 27.7 Å². The first-order chi connectivity index (χ1) is 39.5. The Kier molecular flexibility index (Phi) is 59.6. The van der Waals surface area contributed by atoms with Crippen molar-refractivity contribution in [3.8, 4) is 0 Å². The Morgan fingerprint density at radius 3 is 1.05 bits per heavy atom. The molecular weight excluding hydrogens is 1030 g/mol. The third kappa shape index (κ3) is 66.2. The van der Waals surface area contributed by atoms with Gasteiger partial charge in [0, 0.05) is 12.8 Å². The van der Waals surface area contributed by atoms with E-state index in [1.807, 2.05) is 21.1 Å². The molecular formula is C71H128NO8P. The van der Waals surface area contributed by atoms with Crippen molar-refractivity contribution >= 4 is 19.8 Å². The van der Waals surface area contributed by atoms with Crippen LogP contribution in [0.3, 0.4) is 0 Å². The zero-order chi connectivity index (χ0) is 59.1. The predicted octanol–water partition coefficient (Wildman–Crippen LogP) is 21.1. The average Bonchev–Trinajstić information content (AvgIpc) is 3.43. The number of rotatable bonds is 62. The molecule has 0 aliphatic carbocycles. The summed E-state index contributed by atoms with van der Waals surface area (Å²) in [6.07, 6.45) is 83.8. The second-order valence-electron chi connectivity index (χ2n) is 23.8. The van der Waals surface area contributed by atoms with Crippen LogP contribution in [0.2, 0.25) is 0 Å². The van der Waals surface area contributed by atoms with Gasteiger partial charge in [-0.1, -0.05) is 304 Å². The van der Waals surface area contributed by atoms with Crippen LogP contribution in [0.1, 0.15) is 303 Å². The van der Waals surface area contributed by atoms with E-state index < -0.39 is 26.5 Å². The number of hydrogen-bond acceptors (Lipinski definition) is 8. The van der Waals surface area contributed by atoms with Crippen molar-refractivity contribution in [2.24, 2.45) is 0 Å². The van der Waals surface area contributed by atoms with Gasteiger partial charge in [-0.3, -0.25) is 14.2 Å². The van der Waals surface area contributed by atoms with Crippen molar-refractivity contribution < 1.29 is 42.1 Å². The number of carbonyl (C=O) groups excluding carboxylic acids is 2. The number of allylic oxidation sites excluding steroid dienone is 14. The van der Waals surface area contributed by atoms with E-state index in [1.165, 1.54) is 186 Å². The van der Waals surface area contributed by atoms with Gasteiger partial charge in [-0.2, -0.15) is 0 Å². The first kappa shape index (κ1) is 78.2. The second kappa shape index (κ2) is 61.7. The maximum absolute atomic E-state index is 12.8. The number of likely N-dealkylation sites (N-methyl/N-ethyl adjacent to an activating group) is 1. The molecule has 81 heavy (non-hydrogen) atoms. The molecule has 9 nitrogen and oxygen atoms in total. The number of nitrogens with zero attached hydrogens (tertiary/aromatic N) is 1. The summed E-state index contributed by atoms with van der Waals surface area (Å²) >= 11 is 0. The van der Waals surface area contributed by atoms with Crippen LogP contribution < -0.4 is 4.89 Å². The number of hydrogen-bond donors (Lipinski definition) is 0. The predicted molar refractivity (Wildman–Crippen MR) is 346 cm³/mol. The quantitative estimate of drug-likeness (QED) is 0.0195. The van der Waals surface area contributed by atoms with Crippen LogP contribution in [0.5, 0.6) is 0 Å². The van der Waals surface area contributed by atoms with Gasteiger partial charge in [-0.15, -0.1) is 0 Å². The molecule has 2 unspecified atom stereocenters. The summed E-state index contributed by atoms with van der Waals surface area (Å²) in [5, 5.41) is 0. The number of esters is 2. The van der Waals surface area contributed by atoms with Crippen molar-refractivity contribution in [1.82, 2.24) is 0 Å². The molecule has 10 heteroatoms. The van der Waals surface area contributed by atoms with Gasteiger partial charge in [0.15, 0.2) is 6.10 Å². The minimum atomic E-state index is -4.64. The lowest BCUT2D eigenvalue weighted by Crippen LogP contribution is -2.37. The van der Waals surface area contributed by atoms with E-state index in [9.17, 15) is 19.0 Å². The Morgan fingerprint density at radius 2 is 0.704 bits per heavy atom. The van der Waals surface area contributed by atoms with Gasteiger partial charge < -0.3 is 27.9 Å². The SMILES string of the molecule is CC/C=C\C/C=C\C/C=C\C/C=C\C/C=C\C/C=C\C/C=C\CCCCCCCCCCCCCCCCCCCCCC(=O)OC(COC(=O)CCCCCCCCCCCCCCCCCC)COP(=O)([O-])OCC[N+](C)(C)C. The fourth-order valence-corrected chi connectivity index (χ4v) is 10.3. The Bertz CT molecular complexity index is 1640. The third-order valence-corrected chi connectivity index (χ3v) is 15.6. The van der Waals surface area contributed by atoms with E-state index in [0.717, 1.165) is 83.5 Å². The highest BCUT2D eigenvalue weighted by atomic mass is 31.2. The van der Waals surface area contributed by atoms with Crippen LogP contribution in [-0.2, 0) is 32.7 Å². The minimum Gasteiger partial charge on any atom is -0.756 e. The largest absolute Gasteiger partial charge is 0.756 e. The van der Waals surface area contributed by atoms with Crippen LogP contribution in [0.15, 0.2) is 85.1 Å². The molecule has 0 aliphatic heterocycles. The molecule has 0 aromatic carbocycles. The smallest absolute Gasteiger partial charge is 0.306 e. The van der Waals surface area contributed by atoms with Gasteiger partial charge in [0.1, 0.15) is 19.8 Å². The molecule has 0 N–H and O–H groups in total. The van der Waals surface area contributed by atoms with Crippen molar-refractivity contribution in [3.05, 3.63) is 85.1 Å². The molecule has 0 heterocycles. The Hall–Kier alpha value is -2.81. The lowest BCUT2D eigenvalue weighted by molar-refractivity contribution is -0.870. The molecule has 0 aliphatic rings. The highest BCUT2D eigenvalue weighted by Gasteiger charge is 2.22. The van der Waals surface area contributed by atoms with E-state index in [2.05, 4.69) is 98.9 Å². The second-order valence-corrected chi connectivity index (χ2v) is 25.2. The Labute approximate surface area is 501 Å². The molecule has 0 saturated carbocycles. The molecule has 0 aromatic rings. The summed E-state index contributed by atoms with van der Waals surface area (Å²) in [5.41, 5.74) is 0. The number of phosphoric ester groups is 1. The zero-order valence-corrected chi connectivity index (χ0v) is 54.4. The van der Waals surface area contributed by atoms with Gasteiger partial charge in [-0.25, -0.2) is 0 Å². The summed E-state index contributed by atoms with van der Waals surface area (Å²) in [6, 6.07) is 0. The van der Waals surface area contributed by atoms with E-state index >= 15 is 0 Å². The highest BCUT2D eigenvalue weighted by molar-refractivity contribution is 7.45. The third-order valence-electron chi connectivity index (χ3n) is 14.7. The summed E-state index contributed by atoms with van der Waals surface area (Å²) in [7, 11) is 1.18. The molecule has 470 valence electrons. The molecule has 0 spiro atoms.